The number of carboxylic acid groups (broad SMARTS) is 1. The van der Waals surface area contributed by atoms with Crippen LogP contribution >= 0.6 is 0 Å². The van der Waals surface area contributed by atoms with Crippen molar-refractivity contribution >= 4 is 5.97 Å². The van der Waals surface area contributed by atoms with Gasteiger partial charge >= 0.3 is 5.97 Å². The average Bonchev–Trinajstić information content (AvgIpc) is 2.01. The maximum absolute atomic E-state index is 12.7. The first-order valence-corrected chi connectivity index (χ1v) is 3.97. The van der Waals surface area contributed by atoms with Crippen molar-refractivity contribution in [2.75, 3.05) is 6.54 Å². The lowest BCUT2D eigenvalue weighted by molar-refractivity contribution is -0.142. The summed E-state index contributed by atoms with van der Waals surface area (Å²) < 4.78 is 12.7. The predicted octanol–water partition coefficient (Wildman–Crippen LogP) is 0.381. The van der Waals surface area contributed by atoms with E-state index in [2.05, 4.69) is 0 Å². The lowest BCUT2D eigenvalue weighted by Crippen LogP contribution is -2.44. The third-order valence-corrected chi connectivity index (χ3v) is 1.71. The van der Waals surface area contributed by atoms with E-state index < -0.39 is 17.3 Å². The number of rotatable bonds is 5. The summed E-state index contributed by atoms with van der Waals surface area (Å²) in [4.78, 5) is 10.5. The predicted molar refractivity (Wildman–Crippen MR) is 47.7 cm³/mol. The second-order valence-electron chi connectivity index (χ2n) is 3.11. The van der Waals surface area contributed by atoms with E-state index >= 15 is 0 Å². The summed E-state index contributed by atoms with van der Waals surface area (Å²) in [5.41, 5.74) is 9.07. The molecule has 0 heterocycles. The Morgan fingerprint density at radius 1 is 1.69 bits per heavy atom. The van der Waals surface area contributed by atoms with Crippen LogP contribution in [0.5, 0.6) is 0 Å². The van der Waals surface area contributed by atoms with Gasteiger partial charge < -0.3 is 16.6 Å². The molecule has 1 atom stereocenters. The van der Waals surface area contributed by atoms with Crippen molar-refractivity contribution < 1.29 is 14.3 Å². The van der Waals surface area contributed by atoms with E-state index in [0.717, 1.165) is 0 Å². The Bertz CT molecular complexity index is 214. The molecule has 0 rings (SSSR count). The molecule has 0 saturated heterocycles. The number of carbonyl (C=O) groups is 1. The highest BCUT2D eigenvalue weighted by Gasteiger charge is 2.27. The summed E-state index contributed by atoms with van der Waals surface area (Å²) >= 11 is 0. The molecule has 0 radical (unpaired) electrons. The molecule has 0 spiro atoms. The zero-order valence-electron chi connectivity index (χ0n) is 7.59. The number of hydrogen-bond donors (Lipinski definition) is 3. The van der Waals surface area contributed by atoms with E-state index in [-0.39, 0.29) is 19.4 Å². The molecule has 0 amide bonds. The van der Waals surface area contributed by atoms with Gasteiger partial charge in [0.25, 0.3) is 0 Å². The molecule has 4 nitrogen and oxygen atoms in total. The van der Waals surface area contributed by atoms with E-state index in [1.54, 1.807) is 0 Å². The van der Waals surface area contributed by atoms with Crippen LogP contribution in [-0.4, -0.2) is 23.2 Å². The second-order valence-corrected chi connectivity index (χ2v) is 3.11. The zero-order chi connectivity index (χ0) is 10.5. The van der Waals surface area contributed by atoms with Crippen LogP contribution < -0.4 is 11.5 Å². The van der Waals surface area contributed by atoms with Crippen molar-refractivity contribution in [2.24, 2.45) is 11.5 Å². The fourth-order valence-corrected chi connectivity index (χ4v) is 0.716. The standard InChI is InChI=1S/C8H15FN2O2/c1-8(11,7(12)13)4-2-6(9)3-5-10/h3H,2,4-5,10-11H2,1H3,(H,12,13)/b6-3-. The largest absolute Gasteiger partial charge is 0.480 e. The second kappa shape index (κ2) is 4.94. The fourth-order valence-electron chi connectivity index (χ4n) is 0.716. The van der Waals surface area contributed by atoms with Crippen LogP contribution in [0.15, 0.2) is 11.9 Å². The van der Waals surface area contributed by atoms with Crippen LogP contribution in [0.2, 0.25) is 0 Å². The van der Waals surface area contributed by atoms with Gasteiger partial charge in [-0.1, -0.05) is 0 Å². The molecular formula is C8H15FN2O2. The Morgan fingerprint density at radius 2 is 2.23 bits per heavy atom. The van der Waals surface area contributed by atoms with Crippen molar-refractivity contribution in [1.82, 2.24) is 0 Å². The van der Waals surface area contributed by atoms with Crippen LogP contribution in [0.1, 0.15) is 19.8 Å². The molecular weight excluding hydrogens is 175 g/mol. The summed E-state index contributed by atoms with van der Waals surface area (Å²) in [5, 5.41) is 8.59. The summed E-state index contributed by atoms with van der Waals surface area (Å²) in [5.74, 6) is -1.55. The lowest BCUT2D eigenvalue weighted by atomic mass is 9.97. The van der Waals surface area contributed by atoms with Crippen LogP contribution in [0.25, 0.3) is 0 Å². The molecule has 0 saturated carbocycles. The molecule has 0 aromatic carbocycles. The Hall–Kier alpha value is -0.940. The van der Waals surface area contributed by atoms with Gasteiger partial charge in [0.15, 0.2) is 0 Å². The molecule has 5 heteroatoms. The highest BCUT2D eigenvalue weighted by Crippen LogP contribution is 2.14. The number of hydrogen-bond acceptors (Lipinski definition) is 3. The number of nitrogens with two attached hydrogens (primary N) is 2. The minimum atomic E-state index is -1.38. The summed E-state index contributed by atoms with van der Waals surface area (Å²) in [6, 6.07) is 0. The quantitative estimate of drug-likeness (QED) is 0.584. The Morgan fingerprint density at radius 3 is 2.62 bits per heavy atom. The van der Waals surface area contributed by atoms with Gasteiger partial charge in [-0.2, -0.15) is 0 Å². The highest BCUT2D eigenvalue weighted by molar-refractivity contribution is 5.77. The van der Waals surface area contributed by atoms with Gasteiger partial charge in [-0.05, 0) is 19.4 Å². The Labute approximate surface area is 76.4 Å². The van der Waals surface area contributed by atoms with Crippen molar-refractivity contribution in [3.63, 3.8) is 0 Å². The van der Waals surface area contributed by atoms with Gasteiger partial charge in [0.2, 0.25) is 0 Å². The lowest BCUT2D eigenvalue weighted by Gasteiger charge is -2.17. The van der Waals surface area contributed by atoms with Crippen molar-refractivity contribution in [3.05, 3.63) is 11.9 Å². The van der Waals surface area contributed by atoms with Crippen LogP contribution in [0, 0.1) is 0 Å². The number of halogens is 1. The normalized spacial score (nSPS) is 16.8. The summed E-state index contributed by atoms with van der Waals surface area (Å²) in [7, 11) is 0. The molecule has 0 fully saturated rings. The van der Waals surface area contributed by atoms with Crippen LogP contribution in [0.4, 0.5) is 4.39 Å². The Balaban J connectivity index is 4.02. The van der Waals surface area contributed by atoms with Gasteiger partial charge in [0.05, 0.1) is 5.83 Å². The molecule has 1 unspecified atom stereocenters. The van der Waals surface area contributed by atoms with E-state index in [1.165, 1.54) is 13.0 Å². The first-order chi connectivity index (χ1) is 5.90. The maximum Gasteiger partial charge on any atom is 0.323 e. The zero-order valence-corrected chi connectivity index (χ0v) is 7.59. The van der Waals surface area contributed by atoms with E-state index in [1.807, 2.05) is 0 Å². The van der Waals surface area contributed by atoms with Gasteiger partial charge in [0, 0.05) is 13.0 Å². The van der Waals surface area contributed by atoms with Gasteiger partial charge in [-0.15, -0.1) is 0 Å². The molecule has 13 heavy (non-hydrogen) atoms. The van der Waals surface area contributed by atoms with E-state index in [9.17, 15) is 9.18 Å². The summed E-state index contributed by atoms with van der Waals surface area (Å²) in [6.45, 7) is 1.46. The monoisotopic (exact) mass is 190 g/mol. The molecule has 0 aliphatic rings. The van der Waals surface area contributed by atoms with Gasteiger partial charge in [-0.3, -0.25) is 4.79 Å². The molecule has 0 aromatic heterocycles. The molecule has 5 N–H and O–H groups in total. The molecule has 0 aromatic rings. The smallest absolute Gasteiger partial charge is 0.323 e. The third kappa shape index (κ3) is 4.59. The molecule has 0 aliphatic carbocycles. The van der Waals surface area contributed by atoms with Crippen LogP contribution in [0.3, 0.4) is 0 Å². The topological polar surface area (TPSA) is 89.3 Å². The minimum Gasteiger partial charge on any atom is -0.480 e. The maximum atomic E-state index is 12.7. The van der Waals surface area contributed by atoms with E-state index in [4.69, 9.17) is 16.6 Å². The number of carboxylic acids is 1. The first kappa shape index (κ1) is 12.1. The SMILES string of the molecule is CC(N)(CC/C(F)=C/CN)C(=O)O. The average molecular weight is 190 g/mol. The molecule has 0 bridgehead atoms. The first-order valence-electron chi connectivity index (χ1n) is 3.97. The molecule has 76 valence electrons. The number of aliphatic carboxylic acids is 1. The molecule has 0 aliphatic heterocycles. The van der Waals surface area contributed by atoms with E-state index in [0.29, 0.717) is 0 Å². The fraction of sp³-hybridized carbons (Fsp3) is 0.625. The summed E-state index contributed by atoms with van der Waals surface area (Å²) in [6.07, 6.45) is 1.28. The van der Waals surface area contributed by atoms with Gasteiger partial charge in [-0.25, -0.2) is 4.39 Å². The third-order valence-electron chi connectivity index (χ3n) is 1.71. The minimum absolute atomic E-state index is 0.0104. The Kier molecular flexibility index (Phi) is 4.58. The van der Waals surface area contributed by atoms with Crippen molar-refractivity contribution in [1.29, 1.82) is 0 Å². The van der Waals surface area contributed by atoms with Gasteiger partial charge in [0.1, 0.15) is 5.54 Å². The van der Waals surface area contributed by atoms with Crippen LogP contribution in [-0.2, 0) is 4.79 Å². The van der Waals surface area contributed by atoms with Crippen molar-refractivity contribution in [2.45, 2.75) is 25.3 Å². The number of allylic oxidation sites excluding steroid dienone is 1. The highest BCUT2D eigenvalue weighted by atomic mass is 19.1. The van der Waals surface area contributed by atoms with Crippen molar-refractivity contribution in [3.8, 4) is 0 Å².